The second kappa shape index (κ2) is 13.6. The van der Waals surface area contributed by atoms with E-state index >= 15 is 4.39 Å². The minimum absolute atomic E-state index is 0.0365. The van der Waals surface area contributed by atoms with Gasteiger partial charge in [0.15, 0.2) is 0 Å². The number of carbonyl (C=O) groups is 2. The van der Waals surface area contributed by atoms with Crippen molar-refractivity contribution in [3.63, 3.8) is 0 Å². The van der Waals surface area contributed by atoms with Gasteiger partial charge in [0.25, 0.3) is 0 Å². The van der Waals surface area contributed by atoms with E-state index in [1.807, 2.05) is 72.8 Å². The largest absolute Gasteiger partial charge is 0.351 e. The quantitative estimate of drug-likeness (QED) is 0.201. The summed E-state index contributed by atoms with van der Waals surface area (Å²) in [5.74, 6) is -1.57. The zero-order valence-corrected chi connectivity index (χ0v) is 27.8. The summed E-state index contributed by atoms with van der Waals surface area (Å²) in [4.78, 5) is 30.0. The van der Waals surface area contributed by atoms with Gasteiger partial charge in [0, 0.05) is 29.1 Å². The van der Waals surface area contributed by atoms with Gasteiger partial charge in [-0.3, -0.25) is 14.5 Å². The Labute approximate surface area is 273 Å². The van der Waals surface area contributed by atoms with Crippen LogP contribution in [0.3, 0.4) is 0 Å². The molecule has 0 saturated carbocycles. The standard InChI is InChI=1S/C40H46FN3O2/c1-27(32-21-22-34(35(41)24-32)31-15-11-8-12-16-31)37(45)43-36(23-28-17-19-30(20-18-28)29-13-9-7-10-14-29)38(46)42-33-25-39(2,3)44(6)40(4,5)26-33/h7-22,24,27,33,36H,23,25-26H2,1-6H3,(H,42,46)(H,43,45)/t27-,36-/m0/s1. The van der Waals surface area contributed by atoms with E-state index in [1.165, 1.54) is 6.07 Å². The summed E-state index contributed by atoms with van der Waals surface area (Å²) in [5, 5.41) is 6.32. The van der Waals surface area contributed by atoms with Crippen molar-refractivity contribution in [3.05, 3.63) is 120 Å². The molecule has 0 aromatic heterocycles. The third-order valence-corrected chi connectivity index (χ3v) is 9.76. The molecule has 4 aromatic carbocycles. The molecule has 0 bridgehead atoms. The fourth-order valence-corrected chi connectivity index (χ4v) is 6.78. The number of rotatable bonds is 9. The summed E-state index contributed by atoms with van der Waals surface area (Å²) in [6.07, 6.45) is 1.93. The Kier molecular flexibility index (Phi) is 9.78. The molecule has 240 valence electrons. The highest BCUT2D eigenvalue weighted by Gasteiger charge is 2.43. The number of hydrogen-bond donors (Lipinski definition) is 2. The van der Waals surface area contributed by atoms with Crippen LogP contribution < -0.4 is 10.6 Å². The van der Waals surface area contributed by atoms with E-state index in [0.717, 1.165) is 35.1 Å². The fourth-order valence-electron chi connectivity index (χ4n) is 6.78. The molecule has 0 unspecified atom stereocenters. The fraction of sp³-hybridized carbons (Fsp3) is 0.350. The number of likely N-dealkylation sites (tertiary alicyclic amines) is 1. The van der Waals surface area contributed by atoms with Gasteiger partial charge in [-0.15, -0.1) is 0 Å². The van der Waals surface area contributed by atoms with E-state index in [4.69, 9.17) is 0 Å². The van der Waals surface area contributed by atoms with Crippen LogP contribution in [0.4, 0.5) is 4.39 Å². The molecular weight excluding hydrogens is 573 g/mol. The van der Waals surface area contributed by atoms with Gasteiger partial charge in [-0.1, -0.05) is 97.1 Å². The molecule has 46 heavy (non-hydrogen) atoms. The molecule has 0 aliphatic carbocycles. The van der Waals surface area contributed by atoms with Gasteiger partial charge in [-0.05, 0) is 88.4 Å². The molecule has 5 nitrogen and oxygen atoms in total. The molecule has 1 saturated heterocycles. The van der Waals surface area contributed by atoms with E-state index < -0.39 is 12.0 Å². The summed E-state index contributed by atoms with van der Waals surface area (Å²) in [6, 6.07) is 31.7. The Morgan fingerprint density at radius 1 is 0.783 bits per heavy atom. The molecule has 2 amide bonds. The van der Waals surface area contributed by atoms with Crippen LogP contribution in [0, 0.1) is 5.82 Å². The van der Waals surface area contributed by atoms with E-state index in [1.54, 1.807) is 19.1 Å². The number of nitrogens with zero attached hydrogens (tertiary/aromatic N) is 1. The summed E-state index contributed by atoms with van der Waals surface area (Å²) >= 11 is 0. The summed E-state index contributed by atoms with van der Waals surface area (Å²) < 4.78 is 15.2. The lowest BCUT2D eigenvalue weighted by molar-refractivity contribution is -0.130. The third-order valence-electron chi connectivity index (χ3n) is 9.76. The van der Waals surface area contributed by atoms with Gasteiger partial charge in [0.05, 0.1) is 5.92 Å². The summed E-state index contributed by atoms with van der Waals surface area (Å²) in [7, 11) is 2.14. The second-order valence-electron chi connectivity index (χ2n) is 14.0. The maximum absolute atomic E-state index is 15.2. The monoisotopic (exact) mass is 619 g/mol. The molecule has 1 aliphatic rings. The number of amides is 2. The first-order valence-electron chi connectivity index (χ1n) is 16.2. The van der Waals surface area contributed by atoms with E-state index in [2.05, 4.69) is 62.4 Å². The van der Waals surface area contributed by atoms with Crippen LogP contribution in [0.5, 0.6) is 0 Å². The number of hydrogen-bond acceptors (Lipinski definition) is 3. The van der Waals surface area contributed by atoms with Crippen molar-refractivity contribution in [2.75, 3.05) is 7.05 Å². The van der Waals surface area contributed by atoms with Crippen LogP contribution in [-0.2, 0) is 16.0 Å². The van der Waals surface area contributed by atoms with Crippen LogP contribution in [0.25, 0.3) is 22.3 Å². The zero-order chi connectivity index (χ0) is 33.1. The molecule has 6 heteroatoms. The maximum Gasteiger partial charge on any atom is 0.243 e. The minimum Gasteiger partial charge on any atom is -0.351 e. The first-order chi connectivity index (χ1) is 21.8. The average molecular weight is 620 g/mol. The molecule has 1 fully saturated rings. The molecule has 1 heterocycles. The van der Waals surface area contributed by atoms with Crippen LogP contribution in [0.1, 0.15) is 64.5 Å². The molecule has 0 radical (unpaired) electrons. The third kappa shape index (κ3) is 7.56. The minimum atomic E-state index is -0.795. The van der Waals surface area contributed by atoms with Crippen molar-refractivity contribution < 1.29 is 14.0 Å². The van der Waals surface area contributed by atoms with Gasteiger partial charge in [-0.2, -0.15) is 0 Å². The van der Waals surface area contributed by atoms with E-state index in [0.29, 0.717) is 17.5 Å². The first-order valence-corrected chi connectivity index (χ1v) is 16.2. The van der Waals surface area contributed by atoms with Gasteiger partial charge >= 0.3 is 0 Å². The highest BCUT2D eigenvalue weighted by Crippen LogP contribution is 2.37. The zero-order valence-electron chi connectivity index (χ0n) is 27.8. The van der Waals surface area contributed by atoms with Crippen LogP contribution in [0.15, 0.2) is 103 Å². The number of nitrogens with one attached hydrogen (secondary N) is 2. The van der Waals surface area contributed by atoms with Crippen molar-refractivity contribution in [2.45, 2.75) is 83.0 Å². The lowest BCUT2D eigenvalue weighted by atomic mass is 9.77. The van der Waals surface area contributed by atoms with Crippen LogP contribution in [0.2, 0.25) is 0 Å². The Morgan fingerprint density at radius 3 is 1.89 bits per heavy atom. The van der Waals surface area contributed by atoms with Crippen molar-refractivity contribution in [1.29, 1.82) is 0 Å². The maximum atomic E-state index is 15.2. The van der Waals surface area contributed by atoms with Crippen LogP contribution >= 0.6 is 0 Å². The van der Waals surface area contributed by atoms with Crippen molar-refractivity contribution in [1.82, 2.24) is 15.5 Å². The predicted octanol–water partition coefficient (Wildman–Crippen LogP) is 7.76. The SMILES string of the molecule is C[C@H](C(=O)N[C@@H](Cc1ccc(-c2ccccc2)cc1)C(=O)NC1CC(C)(C)N(C)C(C)(C)C1)c1ccc(-c2ccccc2)c(F)c1. The molecule has 0 spiro atoms. The average Bonchev–Trinajstić information content (AvgIpc) is 3.03. The number of piperidine rings is 1. The van der Waals surface area contributed by atoms with Gasteiger partial charge < -0.3 is 10.6 Å². The second-order valence-corrected chi connectivity index (χ2v) is 14.0. The first kappa shape index (κ1) is 33.1. The Balaban J connectivity index is 1.35. The van der Waals surface area contributed by atoms with E-state index in [9.17, 15) is 9.59 Å². The highest BCUT2D eigenvalue weighted by atomic mass is 19.1. The van der Waals surface area contributed by atoms with Gasteiger partial charge in [0.1, 0.15) is 11.9 Å². The Bertz CT molecular complexity index is 1630. The lowest BCUT2D eigenvalue weighted by Crippen LogP contribution is -2.63. The van der Waals surface area contributed by atoms with Crippen LogP contribution in [-0.4, -0.2) is 46.9 Å². The number of halogens is 1. The summed E-state index contributed by atoms with van der Waals surface area (Å²) in [5.41, 5.74) is 4.75. The number of carbonyl (C=O) groups excluding carboxylic acids is 2. The molecule has 2 N–H and O–H groups in total. The Morgan fingerprint density at radius 2 is 1.33 bits per heavy atom. The van der Waals surface area contributed by atoms with Gasteiger partial charge in [-0.25, -0.2) is 4.39 Å². The molecule has 1 aliphatic heterocycles. The van der Waals surface area contributed by atoms with Crippen molar-refractivity contribution >= 4 is 11.8 Å². The van der Waals surface area contributed by atoms with Crippen molar-refractivity contribution in [3.8, 4) is 22.3 Å². The predicted molar refractivity (Wildman–Crippen MR) is 185 cm³/mol. The lowest BCUT2D eigenvalue weighted by Gasteiger charge is -2.53. The van der Waals surface area contributed by atoms with Crippen molar-refractivity contribution in [2.24, 2.45) is 0 Å². The number of benzene rings is 4. The molecule has 4 aromatic rings. The normalized spacial score (nSPS) is 17.5. The summed E-state index contributed by atoms with van der Waals surface area (Å²) in [6.45, 7) is 10.5. The topological polar surface area (TPSA) is 61.4 Å². The van der Waals surface area contributed by atoms with E-state index in [-0.39, 0.29) is 34.8 Å². The molecular formula is C40H46FN3O2. The smallest absolute Gasteiger partial charge is 0.243 e. The molecule has 5 rings (SSSR count). The Hall–Kier alpha value is -4.29. The van der Waals surface area contributed by atoms with Gasteiger partial charge in [0.2, 0.25) is 11.8 Å². The highest BCUT2D eigenvalue weighted by molar-refractivity contribution is 5.91. The molecule has 2 atom stereocenters.